The third-order valence-corrected chi connectivity index (χ3v) is 6.00. The molecule has 0 aliphatic heterocycles. The van der Waals surface area contributed by atoms with Gasteiger partial charge >= 0.3 is 6.09 Å². The van der Waals surface area contributed by atoms with Gasteiger partial charge in [-0.3, -0.25) is 14.7 Å². The summed E-state index contributed by atoms with van der Waals surface area (Å²) in [5.41, 5.74) is 2.23. The van der Waals surface area contributed by atoms with E-state index in [1.54, 1.807) is 54.2 Å². The molecular weight excluding hydrogens is 486 g/mol. The van der Waals surface area contributed by atoms with E-state index in [-0.39, 0.29) is 17.1 Å². The number of carbonyl (C=O) groups is 1. The van der Waals surface area contributed by atoms with E-state index in [4.69, 9.17) is 26.2 Å². The van der Waals surface area contributed by atoms with Crippen LogP contribution in [0.3, 0.4) is 0 Å². The number of carboxylic acid groups (broad SMARTS) is 1. The van der Waals surface area contributed by atoms with Crippen LogP contribution in [0.25, 0.3) is 22.2 Å². The van der Waals surface area contributed by atoms with Crippen LogP contribution in [0.4, 0.5) is 16.4 Å². The van der Waals surface area contributed by atoms with Crippen LogP contribution in [0, 0.1) is 0 Å². The minimum atomic E-state index is -1.15. The lowest BCUT2D eigenvalue weighted by atomic mass is 10.0. The Hall–Kier alpha value is -4.31. The topological polar surface area (TPSA) is 128 Å². The molecule has 2 aromatic carbocycles. The second kappa shape index (κ2) is 10.5. The van der Waals surface area contributed by atoms with Crippen LogP contribution >= 0.6 is 11.6 Å². The first kappa shape index (κ1) is 24.8. The Kier molecular flexibility index (Phi) is 7.25. The zero-order valence-electron chi connectivity index (χ0n) is 19.8. The van der Waals surface area contributed by atoms with Crippen molar-refractivity contribution in [2.75, 3.05) is 31.9 Å². The number of rotatable bonds is 8. The fourth-order valence-corrected chi connectivity index (χ4v) is 4.17. The molecule has 10 nitrogen and oxygen atoms in total. The van der Waals surface area contributed by atoms with E-state index in [1.807, 2.05) is 6.07 Å². The summed E-state index contributed by atoms with van der Waals surface area (Å²) >= 11 is 6.60. The molecule has 4 rings (SSSR count). The molecule has 0 spiro atoms. The van der Waals surface area contributed by atoms with Crippen LogP contribution < -0.4 is 25.7 Å². The number of methoxy groups -OCH3 is 2. The largest absolute Gasteiger partial charge is 0.497 e. The number of pyridine rings is 1. The third-order valence-electron chi connectivity index (χ3n) is 5.61. The molecule has 0 radical (unpaired) electrons. The number of aryl methyl sites for hydroxylation is 2. The minimum absolute atomic E-state index is 0.276. The maximum Gasteiger partial charge on any atom is 0.409 e. The van der Waals surface area contributed by atoms with Gasteiger partial charge in [0, 0.05) is 48.1 Å². The highest BCUT2D eigenvalue weighted by atomic mass is 35.5. The van der Waals surface area contributed by atoms with Crippen molar-refractivity contribution in [3.05, 3.63) is 69.6 Å². The van der Waals surface area contributed by atoms with Crippen molar-refractivity contribution in [2.24, 2.45) is 0 Å². The van der Waals surface area contributed by atoms with Gasteiger partial charge in [0.25, 0.3) is 5.56 Å². The summed E-state index contributed by atoms with van der Waals surface area (Å²) < 4.78 is 12.3. The van der Waals surface area contributed by atoms with Crippen LogP contribution in [0.2, 0.25) is 5.02 Å². The molecule has 0 saturated heterocycles. The molecule has 186 valence electrons. The number of ether oxygens (including phenoxy) is 2. The van der Waals surface area contributed by atoms with Gasteiger partial charge in [0.15, 0.2) is 0 Å². The lowest BCUT2D eigenvalue weighted by Gasteiger charge is -2.16. The molecule has 11 heteroatoms. The number of nitrogens with one attached hydrogen (secondary N) is 2. The SMILES string of the molecule is CNc1ncc2cc(-c3cc(OC)cc(OC)c3Cl)c(=O)n(CCc3cccc(NC(=O)O)c3)c2n1. The average Bonchev–Trinajstić information content (AvgIpc) is 2.87. The van der Waals surface area contributed by atoms with E-state index < -0.39 is 6.09 Å². The molecule has 2 heterocycles. The summed E-state index contributed by atoms with van der Waals surface area (Å²) in [6, 6.07) is 12.0. The molecule has 3 N–H and O–H groups in total. The molecule has 0 bridgehead atoms. The molecule has 0 saturated carbocycles. The highest BCUT2D eigenvalue weighted by Crippen LogP contribution is 2.38. The van der Waals surface area contributed by atoms with E-state index in [1.165, 1.54) is 14.2 Å². The summed E-state index contributed by atoms with van der Waals surface area (Å²) in [6.07, 6.45) is 0.932. The number of amides is 1. The highest BCUT2D eigenvalue weighted by molar-refractivity contribution is 6.35. The molecule has 0 aliphatic rings. The molecule has 2 aromatic heterocycles. The van der Waals surface area contributed by atoms with E-state index >= 15 is 0 Å². The summed E-state index contributed by atoms with van der Waals surface area (Å²) in [5.74, 6) is 1.24. The lowest BCUT2D eigenvalue weighted by molar-refractivity contribution is 0.209. The van der Waals surface area contributed by atoms with Gasteiger partial charge in [0.05, 0.1) is 19.2 Å². The number of hydrogen-bond donors (Lipinski definition) is 3. The number of aromatic nitrogens is 3. The predicted molar refractivity (Wildman–Crippen MR) is 139 cm³/mol. The van der Waals surface area contributed by atoms with E-state index in [9.17, 15) is 9.59 Å². The zero-order valence-corrected chi connectivity index (χ0v) is 20.6. The van der Waals surface area contributed by atoms with Gasteiger partial charge < -0.3 is 19.9 Å². The number of anilines is 2. The lowest BCUT2D eigenvalue weighted by Crippen LogP contribution is -2.24. The zero-order chi connectivity index (χ0) is 25.8. The Balaban J connectivity index is 1.86. The van der Waals surface area contributed by atoms with Crippen molar-refractivity contribution in [1.82, 2.24) is 14.5 Å². The van der Waals surface area contributed by atoms with Crippen molar-refractivity contribution < 1.29 is 19.4 Å². The maximum absolute atomic E-state index is 13.8. The molecule has 4 aromatic rings. The van der Waals surface area contributed by atoms with Crippen LogP contribution in [0.5, 0.6) is 11.5 Å². The van der Waals surface area contributed by atoms with Gasteiger partial charge in [-0.1, -0.05) is 23.7 Å². The molecule has 36 heavy (non-hydrogen) atoms. The summed E-state index contributed by atoms with van der Waals surface area (Å²) in [5, 5.41) is 15.2. The molecule has 0 unspecified atom stereocenters. The molecular formula is C25H24ClN5O5. The number of fused-ring (bicyclic) bond motifs is 1. The van der Waals surface area contributed by atoms with Crippen LogP contribution in [-0.4, -0.2) is 47.0 Å². The molecule has 1 amide bonds. The van der Waals surface area contributed by atoms with Gasteiger partial charge in [-0.2, -0.15) is 4.98 Å². The first-order valence-electron chi connectivity index (χ1n) is 10.9. The van der Waals surface area contributed by atoms with Gasteiger partial charge in [0.1, 0.15) is 17.1 Å². The first-order chi connectivity index (χ1) is 17.3. The quantitative estimate of drug-likeness (QED) is 0.317. The second-order valence-electron chi connectivity index (χ2n) is 7.81. The van der Waals surface area contributed by atoms with Crippen LogP contribution in [0.1, 0.15) is 5.56 Å². The number of halogens is 1. The Morgan fingerprint density at radius 1 is 1.14 bits per heavy atom. The summed E-state index contributed by atoms with van der Waals surface area (Å²) in [6.45, 7) is 0.276. The van der Waals surface area contributed by atoms with Crippen molar-refractivity contribution in [1.29, 1.82) is 0 Å². The third kappa shape index (κ3) is 5.03. The average molecular weight is 510 g/mol. The normalized spacial score (nSPS) is 10.8. The Morgan fingerprint density at radius 3 is 2.64 bits per heavy atom. The standard InChI is InChI=1S/C25H24ClN5O5/c1-27-24-28-13-15-10-19(18-11-17(35-2)12-20(36-3)21(18)26)23(32)31(22(15)30-24)8-7-14-5-4-6-16(9-14)29-25(33)34/h4-6,9-13,29H,7-8H2,1-3H3,(H,33,34)(H,27,28,30). The highest BCUT2D eigenvalue weighted by Gasteiger charge is 2.19. The monoisotopic (exact) mass is 509 g/mol. The first-order valence-corrected chi connectivity index (χ1v) is 11.3. The van der Waals surface area contributed by atoms with Crippen LogP contribution in [-0.2, 0) is 13.0 Å². The van der Waals surface area contributed by atoms with Gasteiger partial charge in [-0.05, 0) is 36.2 Å². The fourth-order valence-electron chi connectivity index (χ4n) is 3.88. The Morgan fingerprint density at radius 2 is 1.94 bits per heavy atom. The smallest absolute Gasteiger partial charge is 0.409 e. The van der Waals surface area contributed by atoms with Gasteiger partial charge in [0.2, 0.25) is 5.95 Å². The van der Waals surface area contributed by atoms with Gasteiger partial charge in [-0.15, -0.1) is 0 Å². The number of nitrogens with zero attached hydrogens (tertiary/aromatic N) is 3. The maximum atomic E-state index is 13.8. The van der Waals surface area contributed by atoms with Crippen molar-refractivity contribution in [3.8, 4) is 22.6 Å². The van der Waals surface area contributed by atoms with Crippen LogP contribution in [0.15, 0.2) is 53.5 Å². The fraction of sp³-hybridized carbons (Fsp3) is 0.200. The Labute approximate surface area is 211 Å². The van der Waals surface area contributed by atoms with Crippen molar-refractivity contribution in [2.45, 2.75) is 13.0 Å². The number of benzene rings is 2. The molecule has 0 aliphatic carbocycles. The van der Waals surface area contributed by atoms with E-state index in [0.717, 1.165) is 5.56 Å². The number of hydrogen-bond acceptors (Lipinski definition) is 7. The second-order valence-corrected chi connectivity index (χ2v) is 8.19. The van der Waals surface area contributed by atoms with Crippen molar-refractivity contribution in [3.63, 3.8) is 0 Å². The van der Waals surface area contributed by atoms with Gasteiger partial charge in [-0.25, -0.2) is 9.78 Å². The summed E-state index contributed by atoms with van der Waals surface area (Å²) in [7, 11) is 4.70. The molecule has 0 atom stereocenters. The van der Waals surface area contributed by atoms with Crippen molar-refractivity contribution >= 4 is 40.4 Å². The van der Waals surface area contributed by atoms with E-state index in [0.29, 0.717) is 51.7 Å². The Bertz CT molecular complexity index is 1500. The summed E-state index contributed by atoms with van der Waals surface area (Å²) in [4.78, 5) is 33.6. The van der Waals surface area contributed by atoms with E-state index in [2.05, 4.69) is 20.6 Å². The molecule has 0 fully saturated rings. The predicted octanol–water partition coefficient (Wildman–Crippen LogP) is 4.50. The minimum Gasteiger partial charge on any atom is -0.497 e.